The number of hydrogen-bond acceptors (Lipinski definition) is 3. The van der Waals surface area contributed by atoms with Crippen molar-refractivity contribution in [1.29, 1.82) is 0 Å². The molecule has 1 N–H and O–H groups in total. The predicted octanol–water partition coefficient (Wildman–Crippen LogP) is 2.77. The molecule has 0 aliphatic rings. The van der Waals surface area contributed by atoms with E-state index in [1.165, 1.54) is 7.11 Å². The fraction of sp³-hybridized carbons (Fsp3) is 0.294. The molecule has 2 aromatic rings. The molecule has 0 heterocycles. The van der Waals surface area contributed by atoms with Crippen LogP contribution >= 0.6 is 0 Å². The van der Waals surface area contributed by atoms with Gasteiger partial charge in [0.15, 0.2) is 0 Å². The van der Waals surface area contributed by atoms with E-state index in [1.807, 2.05) is 50.2 Å². The Hall–Kier alpha value is -2.36. The molecule has 0 aliphatic heterocycles. The van der Waals surface area contributed by atoms with Crippen molar-refractivity contribution in [3.8, 4) is 0 Å². The van der Waals surface area contributed by atoms with Gasteiger partial charge in [-0.15, -0.1) is 0 Å². The van der Waals surface area contributed by atoms with E-state index in [4.69, 9.17) is 4.74 Å². The van der Waals surface area contributed by atoms with Gasteiger partial charge < -0.3 is 10.1 Å². The average Bonchev–Trinajstić information content (AvgIpc) is 2.50. The first-order valence-corrected chi connectivity index (χ1v) is 6.91. The Kier molecular flexibility index (Phi) is 4.58. The highest BCUT2D eigenvalue weighted by Gasteiger charge is 2.25. The number of benzene rings is 2. The van der Waals surface area contributed by atoms with Crippen molar-refractivity contribution in [1.82, 2.24) is 5.32 Å². The third-order valence-corrected chi connectivity index (χ3v) is 3.44. The number of hydrogen-bond donors (Lipinski definition) is 1. The van der Waals surface area contributed by atoms with Crippen LogP contribution in [0.3, 0.4) is 0 Å². The molecule has 2 rings (SSSR count). The van der Waals surface area contributed by atoms with E-state index >= 15 is 0 Å². The summed E-state index contributed by atoms with van der Waals surface area (Å²) in [6.45, 7) is 3.73. The molecule has 0 bridgehead atoms. The molecule has 0 saturated heterocycles. The first-order chi connectivity index (χ1) is 10.0. The first-order valence-electron chi connectivity index (χ1n) is 6.91. The summed E-state index contributed by atoms with van der Waals surface area (Å²) in [5.74, 6) is -0.745. The molecule has 0 aromatic heterocycles. The summed E-state index contributed by atoms with van der Waals surface area (Å²) in [6.07, 6.45) is 0. The minimum Gasteiger partial charge on any atom is -0.467 e. The van der Waals surface area contributed by atoms with Gasteiger partial charge in [-0.2, -0.15) is 0 Å². The smallest absolute Gasteiger partial charge is 0.328 e. The highest BCUT2D eigenvalue weighted by molar-refractivity contribution is 6.07. The van der Waals surface area contributed by atoms with Gasteiger partial charge in [-0.1, -0.05) is 50.2 Å². The van der Waals surface area contributed by atoms with E-state index in [2.05, 4.69) is 5.32 Å². The molecular formula is C17H19NO3. The molecule has 0 fully saturated rings. The molecule has 0 aliphatic carbocycles. The Morgan fingerprint density at radius 2 is 1.71 bits per heavy atom. The van der Waals surface area contributed by atoms with Gasteiger partial charge in [0.25, 0.3) is 5.91 Å². The maximum absolute atomic E-state index is 12.5. The number of fused-ring (bicyclic) bond motifs is 1. The molecule has 4 nitrogen and oxygen atoms in total. The molecule has 1 atom stereocenters. The number of carbonyl (C=O) groups is 2. The van der Waals surface area contributed by atoms with Crippen LogP contribution in [0.2, 0.25) is 0 Å². The number of methoxy groups -OCH3 is 1. The Balaban J connectivity index is 2.32. The summed E-state index contributed by atoms with van der Waals surface area (Å²) in [6, 6.07) is 12.5. The number of carbonyl (C=O) groups excluding carboxylic acids is 2. The maximum Gasteiger partial charge on any atom is 0.328 e. The van der Waals surface area contributed by atoms with Gasteiger partial charge in [0, 0.05) is 5.56 Å². The number of ether oxygens (including phenoxy) is 1. The second-order valence-electron chi connectivity index (χ2n) is 5.25. The zero-order valence-electron chi connectivity index (χ0n) is 12.4. The molecule has 21 heavy (non-hydrogen) atoms. The second kappa shape index (κ2) is 6.39. The van der Waals surface area contributed by atoms with Crippen LogP contribution in [-0.2, 0) is 9.53 Å². The third-order valence-electron chi connectivity index (χ3n) is 3.44. The molecule has 2 aromatic carbocycles. The first kappa shape index (κ1) is 15.0. The summed E-state index contributed by atoms with van der Waals surface area (Å²) >= 11 is 0. The summed E-state index contributed by atoms with van der Waals surface area (Å²) in [5.41, 5.74) is 0.558. The second-order valence-corrected chi connectivity index (χ2v) is 5.25. The van der Waals surface area contributed by atoms with Gasteiger partial charge in [0.2, 0.25) is 0 Å². The third kappa shape index (κ3) is 3.21. The summed E-state index contributed by atoms with van der Waals surface area (Å²) in [5, 5.41) is 4.62. The number of rotatable bonds is 4. The van der Waals surface area contributed by atoms with Gasteiger partial charge in [0.1, 0.15) is 6.04 Å². The zero-order chi connectivity index (χ0) is 15.4. The summed E-state index contributed by atoms with van der Waals surface area (Å²) < 4.78 is 4.74. The normalized spacial score (nSPS) is 12.2. The van der Waals surface area contributed by atoms with E-state index in [1.54, 1.807) is 6.07 Å². The van der Waals surface area contributed by atoms with Gasteiger partial charge in [-0.3, -0.25) is 4.79 Å². The predicted molar refractivity (Wildman–Crippen MR) is 82.1 cm³/mol. The molecule has 0 unspecified atom stereocenters. The lowest BCUT2D eigenvalue weighted by atomic mass is 10.0. The van der Waals surface area contributed by atoms with E-state index in [0.717, 1.165) is 10.8 Å². The van der Waals surface area contributed by atoms with Gasteiger partial charge >= 0.3 is 5.97 Å². The summed E-state index contributed by atoms with van der Waals surface area (Å²) in [7, 11) is 1.32. The number of nitrogens with one attached hydrogen (secondary N) is 1. The van der Waals surface area contributed by atoms with Crippen LogP contribution in [0.25, 0.3) is 10.8 Å². The Labute approximate surface area is 124 Å². The van der Waals surface area contributed by atoms with Crippen LogP contribution in [0.4, 0.5) is 0 Å². The molecule has 0 radical (unpaired) electrons. The standard InChI is InChI=1S/C17H19NO3/c1-11(2)15(17(20)21-3)18-16(19)14-10-6-8-12-7-4-5-9-13(12)14/h4-11,15H,1-3H3,(H,18,19)/t15-/m1/s1. The van der Waals surface area contributed by atoms with E-state index in [-0.39, 0.29) is 11.8 Å². The van der Waals surface area contributed by atoms with Crippen LogP contribution in [-0.4, -0.2) is 25.0 Å². The average molecular weight is 285 g/mol. The van der Waals surface area contributed by atoms with Gasteiger partial charge in [-0.05, 0) is 22.8 Å². The Bertz CT molecular complexity index is 659. The zero-order valence-corrected chi connectivity index (χ0v) is 12.4. The number of esters is 1. The van der Waals surface area contributed by atoms with Crippen molar-refractivity contribution in [3.05, 3.63) is 48.0 Å². The van der Waals surface area contributed by atoms with Crippen LogP contribution in [0.5, 0.6) is 0 Å². The molecule has 110 valence electrons. The molecular weight excluding hydrogens is 266 g/mol. The lowest BCUT2D eigenvalue weighted by Crippen LogP contribution is -2.45. The minimum absolute atomic E-state index is 0.0450. The molecule has 0 saturated carbocycles. The SMILES string of the molecule is COC(=O)[C@H](NC(=O)c1cccc2ccccc12)C(C)C. The molecule has 1 amide bonds. The lowest BCUT2D eigenvalue weighted by molar-refractivity contribution is -0.144. The van der Waals surface area contributed by atoms with Crippen LogP contribution in [0, 0.1) is 5.92 Å². The van der Waals surface area contributed by atoms with Crippen LogP contribution in [0.1, 0.15) is 24.2 Å². The summed E-state index contributed by atoms with van der Waals surface area (Å²) in [4.78, 5) is 24.2. The van der Waals surface area contributed by atoms with E-state index < -0.39 is 12.0 Å². The Morgan fingerprint density at radius 3 is 2.38 bits per heavy atom. The highest BCUT2D eigenvalue weighted by Crippen LogP contribution is 2.19. The topological polar surface area (TPSA) is 55.4 Å². The van der Waals surface area contributed by atoms with Gasteiger partial charge in [0.05, 0.1) is 7.11 Å². The van der Waals surface area contributed by atoms with E-state index in [9.17, 15) is 9.59 Å². The fourth-order valence-electron chi connectivity index (χ4n) is 2.27. The van der Waals surface area contributed by atoms with Gasteiger partial charge in [-0.25, -0.2) is 4.79 Å². The lowest BCUT2D eigenvalue weighted by Gasteiger charge is -2.20. The fourth-order valence-corrected chi connectivity index (χ4v) is 2.27. The maximum atomic E-state index is 12.5. The van der Waals surface area contributed by atoms with Crippen molar-refractivity contribution in [2.75, 3.05) is 7.11 Å². The molecule has 0 spiro atoms. The van der Waals surface area contributed by atoms with Crippen molar-refractivity contribution in [2.45, 2.75) is 19.9 Å². The monoisotopic (exact) mass is 285 g/mol. The minimum atomic E-state index is -0.651. The van der Waals surface area contributed by atoms with Crippen molar-refractivity contribution >= 4 is 22.6 Å². The van der Waals surface area contributed by atoms with Crippen molar-refractivity contribution < 1.29 is 14.3 Å². The number of amides is 1. The van der Waals surface area contributed by atoms with Crippen molar-refractivity contribution in [2.24, 2.45) is 5.92 Å². The highest BCUT2D eigenvalue weighted by atomic mass is 16.5. The van der Waals surface area contributed by atoms with Crippen molar-refractivity contribution in [3.63, 3.8) is 0 Å². The molecule has 4 heteroatoms. The van der Waals surface area contributed by atoms with Crippen LogP contribution in [0.15, 0.2) is 42.5 Å². The quantitative estimate of drug-likeness (QED) is 0.879. The largest absolute Gasteiger partial charge is 0.467 e. The van der Waals surface area contributed by atoms with Crippen LogP contribution < -0.4 is 5.32 Å². The van der Waals surface area contributed by atoms with E-state index in [0.29, 0.717) is 5.56 Å². The Morgan fingerprint density at radius 1 is 1.05 bits per heavy atom.